The zero-order chi connectivity index (χ0) is 19.7. The summed E-state index contributed by atoms with van der Waals surface area (Å²) in [6.07, 6.45) is 3.11. The van der Waals surface area contributed by atoms with Crippen molar-refractivity contribution in [3.8, 4) is 6.07 Å². The predicted molar refractivity (Wildman–Crippen MR) is 103 cm³/mol. The van der Waals surface area contributed by atoms with Crippen LogP contribution in [0.15, 0.2) is 12.1 Å². The van der Waals surface area contributed by atoms with Gasteiger partial charge in [0.2, 0.25) is 5.91 Å². The average Bonchev–Trinajstić information content (AvgIpc) is 3.12. The van der Waals surface area contributed by atoms with Gasteiger partial charge in [0.25, 0.3) is 0 Å². The highest BCUT2D eigenvalue weighted by Crippen LogP contribution is 2.35. The number of carbonyl (C=O) groups is 2. The van der Waals surface area contributed by atoms with Crippen LogP contribution in [-0.4, -0.2) is 48.1 Å². The molecule has 1 aromatic rings. The molecule has 28 heavy (non-hydrogen) atoms. The van der Waals surface area contributed by atoms with Crippen molar-refractivity contribution in [1.82, 2.24) is 10.3 Å². The lowest BCUT2D eigenvalue weighted by Crippen LogP contribution is -2.53. The number of amides is 2. The van der Waals surface area contributed by atoms with Crippen LogP contribution in [0.1, 0.15) is 31.2 Å². The maximum Gasteiger partial charge on any atom is 0.415 e. The SMILES string of the molecule is N#Cc1ccc(NCC2CC3CC(Cl)CCC3NC2=O)nc1N1CCOC1=O. The molecule has 1 aliphatic carbocycles. The Morgan fingerprint density at radius 3 is 2.96 bits per heavy atom. The van der Waals surface area contributed by atoms with Gasteiger partial charge in [-0.2, -0.15) is 5.26 Å². The molecule has 1 aromatic heterocycles. The lowest BCUT2D eigenvalue weighted by molar-refractivity contribution is -0.129. The normalized spacial score (nSPS) is 29.5. The van der Waals surface area contributed by atoms with Crippen molar-refractivity contribution in [2.24, 2.45) is 11.8 Å². The van der Waals surface area contributed by atoms with E-state index >= 15 is 0 Å². The van der Waals surface area contributed by atoms with Crippen LogP contribution in [0.3, 0.4) is 0 Å². The van der Waals surface area contributed by atoms with Crippen molar-refractivity contribution in [3.63, 3.8) is 0 Å². The Morgan fingerprint density at radius 1 is 1.36 bits per heavy atom. The van der Waals surface area contributed by atoms with E-state index in [-0.39, 0.29) is 35.7 Å². The van der Waals surface area contributed by atoms with E-state index in [1.165, 1.54) is 4.90 Å². The van der Waals surface area contributed by atoms with Gasteiger partial charge in [0.05, 0.1) is 18.0 Å². The number of hydrogen-bond acceptors (Lipinski definition) is 6. The van der Waals surface area contributed by atoms with Crippen molar-refractivity contribution in [2.45, 2.75) is 37.1 Å². The Labute approximate surface area is 168 Å². The fourth-order valence-corrected chi connectivity index (χ4v) is 4.61. The molecule has 148 valence electrons. The van der Waals surface area contributed by atoms with Gasteiger partial charge in [-0.05, 0) is 43.7 Å². The number of nitrogens with zero attached hydrogens (tertiary/aromatic N) is 3. The number of cyclic esters (lactones) is 1. The van der Waals surface area contributed by atoms with Gasteiger partial charge < -0.3 is 15.4 Å². The van der Waals surface area contributed by atoms with Gasteiger partial charge in [-0.15, -0.1) is 11.6 Å². The first-order valence-electron chi connectivity index (χ1n) is 9.59. The number of ether oxygens (including phenoxy) is 1. The summed E-state index contributed by atoms with van der Waals surface area (Å²) in [6, 6.07) is 5.59. The number of carbonyl (C=O) groups excluding carboxylic acids is 2. The topological polar surface area (TPSA) is 107 Å². The van der Waals surface area contributed by atoms with Crippen LogP contribution < -0.4 is 15.5 Å². The quantitative estimate of drug-likeness (QED) is 0.746. The van der Waals surface area contributed by atoms with E-state index < -0.39 is 6.09 Å². The molecule has 0 radical (unpaired) electrons. The van der Waals surface area contributed by atoms with Crippen molar-refractivity contribution in [3.05, 3.63) is 17.7 Å². The molecule has 2 saturated heterocycles. The van der Waals surface area contributed by atoms with Crippen LogP contribution in [0.25, 0.3) is 0 Å². The fraction of sp³-hybridized carbons (Fsp3) is 0.579. The molecule has 4 unspecified atom stereocenters. The number of aromatic nitrogens is 1. The maximum atomic E-state index is 12.5. The maximum absolute atomic E-state index is 12.5. The zero-order valence-corrected chi connectivity index (χ0v) is 16.1. The van der Waals surface area contributed by atoms with Crippen LogP contribution in [0, 0.1) is 23.2 Å². The lowest BCUT2D eigenvalue weighted by atomic mass is 9.75. The predicted octanol–water partition coefficient (Wildman–Crippen LogP) is 2.23. The number of rotatable bonds is 4. The van der Waals surface area contributed by atoms with Gasteiger partial charge >= 0.3 is 6.09 Å². The molecule has 0 aromatic carbocycles. The molecule has 2 amide bonds. The van der Waals surface area contributed by atoms with E-state index in [1.54, 1.807) is 12.1 Å². The van der Waals surface area contributed by atoms with Crippen LogP contribution in [0.2, 0.25) is 0 Å². The van der Waals surface area contributed by atoms with Gasteiger partial charge in [-0.1, -0.05) is 0 Å². The molecular weight excluding hydrogens is 382 g/mol. The Balaban J connectivity index is 1.44. The summed E-state index contributed by atoms with van der Waals surface area (Å²) in [4.78, 5) is 30.1. The third kappa shape index (κ3) is 3.72. The number of piperidine rings is 1. The van der Waals surface area contributed by atoms with Gasteiger partial charge in [0.15, 0.2) is 5.82 Å². The summed E-state index contributed by atoms with van der Waals surface area (Å²) in [5, 5.41) is 15.8. The number of halogens is 1. The molecule has 4 atom stereocenters. The highest BCUT2D eigenvalue weighted by molar-refractivity contribution is 6.20. The largest absolute Gasteiger partial charge is 0.447 e. The highest BCUT2D eigenvalue weighted by Gasteiger charge is 2.38. The second kappa shape index (κ2) is 7.84. The van der Waals surface area contributed by atoms with Crippen LogP contribution >= 0.6 is 11.6 Å². The Morgan fingerprint density at radius 2 is 2.21 bits per heavy atom. The standard InChI is InChI=1S/C19H22ClN5O3/c20-14-2-3-15-12(8-14)7-13(18(26)23-15)10-22-16-4-1-11(9-21)17(24-16)25-5-6-28-19(25)27/h1,4,12-15H,2-3,5-8,10H2,(H,22,24)(H,23,26). The molecule has 3 aliphatic rings. The first kappa shape index (κ1) is 18.8. The van der Waals surface area contributed by atoms with E-state index in [1.807, 2.05) is 0 Å². The van der Waals surface area contributed by atoms with Gasteiger partial charge in [0, 0.05) is 18.0 Å². The first-order chi connectivity index (χ1) is 13.5. The molecule has 0 spiro atoms. The Kier molecular flexibility index (Phi) is 5.27. The Bertz CT molecular complexity index is 826. The molecule has 3 heterocycles. The van der Waals surface area contributed by atoms with Crippen LogP contribution in [-0.2, 0) is 9.53 Å². The summed E-state index contributed by atoms with van der Waals surface area (Å²) in [5.41, 5.74) is 0.304. The molecule has 8 nitrogen and oxygen atoms in total. The summed E-state index contributed by atoms with van der Waals surface area (Å²) in [6.45, 7) is 1.07. The molecular formula is C19H22ClN5O3. The van der Waals surface area contributed by atoms with Gasteiger partial charge in [0.1, 0.15) is 18.5 Å². The Hall–Kier alpha value is -2.53. The first-order valence-corrected chi connectivity index (χ1v) is 10.0. The second-order valence-electron chi connectivity index (χ2n) is 7.54. The highest BCUT2D eigenvalue weighted by atomic mass is 35.5. The number of pyridine rings is 1. The lowest BCUT2D eigenvalue weighted by Gasteiger charge is -2.41. The van der Waals surface area contributed by atoms with Crippen molar-refractivity contribution < 1.29 is 14.3 Å². The summed E-state index contributed by atoms with van der Waals surface area (Å²) in [5.74, 6) is 1.09. The number of hydrogen-bond donors (Lipinski definition) is 2. The van der Waals surface area contributed by atoms with Crippen molar-refractivity contribution >= 4 is 35.2 Å². The number of fused-ring (bicyclic) bond motifs is 1. The third-order valence-electron chi connectivity index (χ3n) is 5.75. The van der Waals surface area contributed by atoms with E-state index in [0.29, 0.717) is 30.4 Å². The van der Waals surface area contributed by atoms with Gasteiger partial charge in [-0.3, -0.25) is 9.69 Å². The van der Waals surface area contributed by atoms with Crippen molar-refractivity contribution in [2.75, 3.05) is 29.9 Å². The van der Waals surface area contributed by atoms with Crippen LogP contribution in [0.5, 0.6) is 0 Å². The molecule has 2 aliphatic heterocycles. The van der Waals surface area contributed by atoms with Gasteiger partial charge in [-0.25, -0.2) is 9.78 Å². The van der Waals surface area contributed by atoms with Crippen molar-refractivity contribution in [1.29, 1.82) is 5.26 Å². The fourth-order valence-electron chi connectivity index (χ4n) is 4.26. The summed E-state index contributed by atoms with van der Waals surface area (Å²) >= 11 is 6.31. The number of anilines is 2. The van der Waals surface area contributed by atoms with E-state index in [4.69, 9.17) is 16.3 Å². The number of nitrogens with one attached hydrogen (secondary N) is 2. The molecule has 3 fully saturated rings. The minimum atomic E-state index is -0.508. The summed E-state index contributed by atoms with van der Waals surface area (Å²) < 4.78 is 4.94. The molecule has 9 heteroatoms. The van der Waals surface area contributed by atoms with E-state index in [9.17, 15) is 14.9 Å². The second-order valence-corrected chi connectivity index (χ2v) is 8.16. The smallest absolute Gasteiger partial charge is 0.415 e. The number of alkyl halides is 1. The minimum absolute atomic E-state index is 0.0544. The molecule has 1 saturated carbocycles. The van der Waals surface area contributed by atoms with E-state index in [0.717, 1.165) is 25.7 Å². The third-order valence-corrected chi connectivity index (χ3v) is 6.14. The summed E-state index contributed by atoms with van der Waals surface area (Å²) in [7, 11) is 0. The van der Waals surface area contributed by atoms with E-state index in [2.05, 4.69) is 21.7 Å². The molecule has 4 rings (SSSR count). The van der Waals surface area contributed by atoms with Crippen LogP contribution in [0.4, 0.5) is 16.4 Å². The number of nitriles is 1. The average molecular weight is 404 g/mol. The zero-order valence-electron chi connectivity index (χ0n) is 15.4. The minimum Gasteiger partial charge on any atom is -0.447 e. The molecule has 0 bridgehead atoms. The molecule has 2 N–H and O–H groups in total. The monoisotopic (exact) mass is 403 g/mol.